The molecule has 0 saturated carbocycles. The van der Waals surface area contributed by atoms with E-state index in [-0.39, 0.29) is 0 Å². The number of aromatic nitrogens is 3. The zero-order valence-electron chi connectivity index (χ0n) is 16.0. The Bertz CT molecular complexity index is 1010. The molecule has 140 valence electrons. The second-order valence-corrected chi connectivity index (χ2v) is 7.67. The average molecular weight is 386 g/mol. The molecule has 1 aromatic heterocycles. The summed E-state index contributed by atoms with van der Waals surface area (Å²) in [7, 11) is 0. The molecule has 4 heteroatoms. The fourth-order valence-corrected chi connectivity index (χ4v) is 4.10. The van der Waals surface area contributed by atoms with Crippen LogP contribution in [0.2, 0.25) is 0 Å². The third-order valence-electron chi connectivity index (χ3n) is 4.73. The van der Waals surface area contributed by atoms with Crippen molar-refractivity contribution in [2.75, 3.05) is 5.75 Å². The van der Waals surface area contributed by atoms with Gasteiger partial charge >= 0.3 is 0 Å². The molecule has 3 nitrogen and oxygen atoms in total. The molecule has 3 aromatic carbocycles. The van der Waals surface area contributed by atoms with E-state index in [0.717, 1.165) is 40.8 Å². The fourth-order valence-electron chi connectivity index (χ4n) is 3.16. The van der Waals surface area contributed by atoms with Crippen LogP contribution < -0.4 is 0 Å². The van der Waals surface area contributed by atoms with Crippen molar-refractivity contribution in [3.63, 3.8) is 0 Å². The monoisotopic (exact) mass is 385 g/mol. The summed E-state index contributed by atoms with van der Waals surface area (Å²) in [6.45, 7) is 2.17. The molecule has 0 spiro atoms. The Labute approximate surface area is 170 Å². The van der Waals surface area contributed by atoms with E-state index < -0.39 is 0 Å². The Morgan fingerprint density at radius 2 is 1.43 bits per heavy atom. The number of rotatable bonds is 7. The van der Waals surface area contributed by atoms with Crippen molar-refractivity contribution in [3.05, 3.63) is 96.1 Å². The van der Waals surface area contributed by atoms with Crippen molar-refractivity contribution in [3.8, 4) is 17.1 Å². The Morgan fingerprint density at radius 3 is 2.11 bits per heavy atom. The molecule has 0 saturated heterocycles. The number of hydrogen-bond donors (Lipinski definition) is 0. The van der Waals surface area contributed by atoms with E-state index in [9.17, 15) is 0 Å². The summed E-state index contributed by atoms with van der Waals surface area (Å²) in [5.41, 5.74) is 4.85. The first-order valence-corrected chi connectivity index (χ1v) is 10.6. The molecule has 0 aliphatic heterocycles. The second-order valence-electron chi connectivity index (χ2n) is 6.61. The molecule has 1 heterocycles. The highest BCUT2D eigenvalue weighted by atomic mass is 32.2. The van der Waals surface area contributed by atoms with Crippen LogP contribution in [0, 0.1) is 0 Å². The lowest BCUT2D eigenvalue weighted by atomic mass is 10.1. The van der Waals surface area contributed by atoms with E-state index in [0.29, 0.717) is 0 Å². The summed E-state index contributed by atoms with van der Waals surface area (Å²) in [6.07, 6.45) is 2.04. The Morgan fingerprint density at radius 1 is 0.750 bits per heavy atom. The van der Waals surface area contributed by atoms with Crippen molar-refractivity contribution in [1.29, 1.82) is 0 Å². The van der Waals surface area contributed by atoms with Gasteiger partial charge in [-0.2, -0.15) is 0 Å². The lowest BCUT2D eigenvalue weighted by Crippen LogP contribution is -2.01. The topological polar surface area (TPSA) is 30.7 Å². The minimum atomic E-state index is 0.882. The molecule has 0 radical (unpaired) electrons. The van der Waals surface area contributed by atoms with Crippen LogP contribution in [0.5, 0.6) is 0 Å². The lowest BCUT2D eigenvalue weighted by Gasteiger charge is -2.11. The van der Waals surface area contributed by atoms with Crippen LogP contribution in [0.25, 0.3) is 17.1 Å². The SMILES string of the molecule is CCc1ccc(-n2c(SCCc3ccccc3)nnc2-c2ccccc2)cc1. The zero-order chi connectivity index (χ0) is 19.2. The Kier molecular flexibility index (Phi) is 5.88. The van der Waals surface area contributed by atoms with Gasteiger partial charge in [-0.25, -0.2) is 0 Å². The van der Waals surface area contributed by atoms with Gasteiger partial charge < -0.3 is 0 Å². The first-order chi connectivity index (χ1) is 13.8. The van der Waals surface area contributed by atoms with Crippen LogP contribution >= 0.6 is 11.8 Å². The predicted molar refractivity (Wildman–Crippen MR) is 117 cm³/mol. The molecule has 0 fully saturated rings. The molecule has 0 atom stereocenters. The maximum atomic E-state index is 4.52. The number of hydrogen-bond acceptors (Lipinski definition) is 3. The van der Waals surface area contributed by atoms with Crippen molar-refractivity contribution in [2.24, 2.45) is 0 Å². The van der Waals surface area contributed by atoms with Gasteiger partial charge in [-0.05, 0) is 36.1 Å². The lowest BCUT2D eigenvalue weighted by molar-refractivity contribution is 0.884. The summed E-state index contributed by atoms with van der Waals surface area (Å²) >= 11 is 1.75. The van der Waals surface area contributed by atoms with Crippen LogP contribution in [-0.4, -0.2) is 20.5 Å². The summed E-state index contributed by atoms with van der Waals surface area (Å²) in [5, 5.41) is 9.97. The van der Waals surface area contributed by atoms with Gasteiger partial charge in [-0.1, -0.05) is 91.5 Å². The molecule has 4 rings (SSSR count). The molecule has 4 aromatic rings. The van der Waals surface area contributed by atoms with Gasteiger partial charge in [0.05, 0.1) is 0 Å². The number of thioether (sulfide) groups is 1. The first-order valence-electron chi connectivity index (χ1n) is 9.62. The van der Waals surface area contributed by atoms with Gasteiger partial charge in [0.15, 0.2) is 11.0 Å². The van der Waals surface area contributed by atoms with Crippen molar-refractivity contribution < 1.29 is 0 Å². The summed E-state index contributed by atoms with van der Waals surface area (Å²) in [4.78, 5) is 0. The maximum Gasteiger partial charge on any atom is 0.196 e. The average Bonchev–Trinajstić information content (AvgIpc) is 3.19. The second kappa shape index (κ2) is 8.89. The standard InChI is InChI=1S/C24H23N3S/c1-2-19-13-15-22(16-14-19)27-23(21-11-7-4-8-12-21)25-26-24(27)28-18-17-20-9-5-3-6-10-20/h3-16H,2,17-18H2,1H3. The van der Waals surface area contributed by atoms with E-state index in [2.05, 4.69) is 88.4 Å². The van der Waals surface area contributed by atoms with E-state index in [1.807, 2.05) is 18.2 Å². The molecule has 0 N–H and O–H groups in total. The van der Waals surface area contributed by atoms with Gasteiger partial charge in [-0.15, -0.1) is 10.2 Å². The van der Waals surface area contributed by atoms with Gasteiger partial charge in [-0.3, -0.25) is 4.57 Å². The fraction of sp³-hybridized carbons (Fsp3) is 0.167. The normalized spacial score (nSPS) is 10.9. The largest absolute Gasteiger partial charge is 0.270 e. The molecule has 0 bridgehead atoms. The van der Waals surface area contributed by atoms with Gasteiger partial charge in [0.25, 0.3) is 0 Å². The van der Waals surface area contributed by atoms with Crippen LogP contribution in [0.3, 0.4) is 0 Å². The zero-order valence-corrected chi connectivity index (χ0v) is 16.8. The number of aryl methyl sites for hydroxylation is 2. The number of nitrogens with zero attached hydrogens (tertiary/aromatic N) is 3. The third kappa shape index (κ3) is 4.18. The van der Waals surface area contributed by atoms with Crippen molar-refractivity contribution in [1.82, 2.24) is 14.8 Å². The number of benzene rings is 3. The van der Waals surface area contributed by atoms with Gasteiger partial charge in [0, 0.05) is 17.0 Å². The molecule has 0 aliphatic carbocycles. The Hall–Kier alpha value is -2.85. The summed E-state index contributed by atoms with van der Waals surface area (Å²) in [5.74, 6) is 1.84. The van der Waals surface area contributed by atoms with Crippen molar-refractivity contribution >= 4 is 11.8 Å². The Balaban J connectivity index is 1.64. The van der Waals surface area contributed by atoms with Gasteiger partial charge in [0.1, 0.15) is 0 Å². The minimum Gasteiger partial charge on any atom is -0.270 e. The van der Waals surface area contributed by atoms with E-state index in [1.54, 1.807) is 11.8 Å². The van der Waals surface area contributed by atoms with Crippen LogP contribution in [0.15, 0.2) is 90.1 Å². The molecule has 0 aliphatic rings. The quantitative estimate of drug-likeness (QED) is 0.375. The molecule has 0 amide bonds. The van der Waals surface area contributed by atoms with Crippen LogP contribution in [0.1, 0.15) is 18.1 Å². The summed E-state index contributed by atoms with van der Waals surface area (Å²) in [6, 6.07) is 29.5. The van der Waals surface area contributed by atoms with E-state index >= 15 is 0 Å². The smallest absolute Gasteiger partial charge is 0.196 e. The molecular weight excluding hydrogens is 362 g/mol. The van der Waals surface area contributed by atoms with Crippen LogP contribution in [0.4, 0.5) is 0 Å². The van der Waals surface area contributed by atoms with Crippen molar-refractivity contribution in [2.45, 2.75) is 24.9 Å². The highest BCUT2D eigenvalue weighted by molar-refractivity contribution is 7.99. The highest BCUT2D eigenvalue weighted by Gasteiger charge is 2.16. The van der Waals surface area contributed by atoms with E-state index in [4.69, 9.17) is 0 Å². The first kappa shape index (κ1) is 18.5. The van der Waals surface area contributed by atoms with Gasteiger partial charge in [0.2, 0.25) is 0 Å². The molecular formula is C24H23N3S. The highest BCUT2D eigenvalue weighted by Crippen LogP contribution is 2.28. The molecule has 0 unspecified atom stereocenters. The van der Waals surface area contributed by atoms with Crippen LogP contribution in [-0.2, 0) is 12.8 Å². The van der Waals surface area contributed by atoms with E-state index in [1.165, 1.54) is 11.1 Å². The third-order valence-corrected chi connectivity index (χ3v) is 5.66. The summed E-state index contributed by atoms with van der Waals surface area (Å²) < 4.78 is 2.17. The maximum absolute atomic E-state index is 4.52. The molecule has 28 heavy (non-hydrogen) atoms. The predicted octanol–water partition coefficient (Wildman–Crippen LogP) is 5.83. The minimum absolute atomic E-state index is 0.882.